The van der Waals surface area contributed by atoms with Crippen molar-refractivity contribution in [3.8, 4) is 0 Å². The number of rotatable bonds is 2. The van der Waals surface area contributed by atoms with Gasteiger partial charge in [-0.2, -0.15) is 4.31 Å². The van der Waals surface area contributed by atoms with Crippen LogP contribution in [0.3, 0.4) is 0 Å². The minimum Gasteiger partial charge on any atom is -0.378 e. The van der Waals surface area contributed by atoms with Gasteiger partial charge in [-0.25, -0.2) is 8.42 Å². The lowest BCUT2D eigenvalue weighted by Gasteiger charge is -2.37. The van der Waals surface area contributed by atoms with E-state index in [0.717, 1.165) is 0 Å². The van der Waals surface area contributed by atoms with Gasteiger partial charge in [0.1, 0.15) is 0 Å². The number of benzene rings is 1. The standard InChI is InChI=1S/C12H15Cl2NO3S/c1-8-6-18-7-9(2)15(8)19(16,17)10-3-4-11(13)12(14)5-10/h3-5,8-9H,6-7H2,1-2H3. The molecule has 0 aliphatic carbocycles. The summed E-state index contributed by atoms with van der Waals surface area (Å²) in [4.78, 5) is 0.155. The summed E-state index contributed by atoms with van der Waals surface area (Å²) in [6.45, 7) is 4.44. The molecule has 106 valence electrons. The van der Waals surface area contributed by atoms with Crippen molar-refractivity contribution in [1.29, 1.82) is 0 Å². The van der Waals surface area contributed by atoms with E-state index in [9.17, 15) is 8.42 Å². The Labute approximate surface area is 123 Å². The molecule has 7 heteroatoms. The summed E-state index contributed by atoms with van der Waals surface area (Å²) in [5.74, 6) is 0. The van der Waals surface area contributed by atoms with E-state index in [4.69, 9.17) is 27.9 Å². The second-order valence-electron chi connectivity index (χ2n) is 4.65. The van der Waals surface area contributed by atoms with E-state index in [0.29, 0.717) is 18.2 Å². The number of hydrogen-bond donors (Lipinski definition) is 0. The molecule has 1 aromatic rings. The summed E-state index contributed by atoms with van der Waals surface area (Å²) in [6, 6.07) is 3.94. The highest BCUT2D eigenvalue weighted by atomic mass is 35.5. The average Bonchev–Trinajstić information content (AvgIpc) is 2.32. The summed E-state index contributed by atoms with van der Waals surface area (Å²) < 4.78 is 32.1. The maximum absolute atomic E-state index is 12.6. The molecule has 1 aliphatic rings. The Morgan fingerprint density at radius 3 is 2.26 bits per heavy atom. The second kappa shape index (κ2) is 5.58. The molecule has 0 radical (unpaired) electrons. The highest BCUT2D eigenvalue weighted by Crippen LogP contribution is 2.29. The van der Waals surface area contributed by atoms with Crippen molar-refractivity contribution < 1.29 is 13.2 Å². The van der Waals surface area contributed by atoms with Crippen molar-refractivity contribution >= 4 is 33.2 Å². The predicted molar refractivity (Wildman–Crippen MR) is 75.2 cm³/mol. The molecule has 2 atom stereocenters. The topological polar surface area (TPSA) is 46.6 Å². The smallest absolute Gasteiger partial charge is 0.243 e. The Balaban J connectivity index is 2.43. The quantitative estimate of drug-likeness (QED) is 0.840. The monoisotopic (exact) mass is 323 g/mol. The third-order valence-electron chi connectivity index (χ3n) is 3.05. The maximum Gasteiger partial charge on any atom is 0.243 e. The molecule has 0 aromatic heterocycles. The first-order valence-corrected chi connectivity index (χ1v) is 8.10. The number of morpholine rings is 1. The van der Waals surface area contributed by atoms with Crippen LogP contribution >= 0.6 is 23.2 Å². The molecule has 0 N–H and O–H groups in total. The Hall–Kier alpha value is -0.330. The average molecular weight is 324 g/mol. The van der Waals surface area contributed by atoms with E-state index >= 15 is 0 Å². The first-order chi connectivity index (χ1) is 8.84. The maximum atomic E-state index is 12.6. The van der Waals surface area contributed by atoms with Crippen LogP contribution in [0.15, 0.2) is 23.1 Å². The molecule has 0 spiro atoms. The van der Waals surface area contributed by atoms with Crippen LogP contribution < -0.4 is 0 Å². The lowest BCUT2D eigenvalue weighted by Crippen LogP contribution is -2.52. The summed E-state index contributed by atoms with van der Waals surface area (Å²) in [5, 5.41) is 0.569. The molecule has 0 saturated carbocycles. The molecule has 2 rings (SSSR count). The SMILES string of the molecule is CC1COCC(C)N1S(=O)(=O)c1ccc(Cl)c(Cl)c1. The highest BCUT2D eigenvalue weighted by Gasteiger charge is 2.36. The minimum absolute atomic E-state index is 0.155. The lowest BCUT2D eigenvalue weighted by atomic mass is 10.2. The van der Waals surface area contributed by atoms with Crippen LogP contribution in [-0.4, -0.2) is 38.0 Å². The molecule has 1 fully saturated rings. The van der Waals surface area contributed by atoms with Gasteiger partial charge in [0.15, 0.2) is 0 Å². The van der Waals surface area contributed by atoms with E-state index < -0.39 is 10.0 Å². The Morgan fingerprint density at radius 1 is 1.16 bits per heavy atom. The van der Waals surface area contributed by atoms with Crippen molar-refractivity contribution in [3.05, 3.63) is 28.2 Å². The molecule has 1 aromatic carbocycles. The number of ether oxygens (including phenoxy) is 1. The molecule has 4 nitrogen and oxygen atoms in total. The Morgan fingerprint density at radius 2 is 1.74 bits per heavy atom. The van der Waals surface area contributed by atoms with Crippen molar-refractivity contribution in [2.45, 2.75) is 30.8 Å². The number of nitrogens with zero attached hydrogens (tertiary/aromatic N) is 1. The van der Waals surface area contributed by atoms with Gasteiger partial charge < -0.3 is 4.74 Å². The highest BCUT2D eigenvalue weighted by molar-refractivity contribution is 7.89. The van der Waals surface area contributed by atoms with Crippen molar-refractivity contribution in [2.75, 3.05) is 13.2 Å². The van der Waals surface area contributed by atoms with E-state index in [1.54, 1.807) is 0 Å². The van der Waals surface area contributed by atoms with E-state index in [2.05, 4.69) is 0 Å². The van der Waals surface area contributed by atoms with Crippen LogP contribution in [0.1, 0.15) is 13.8 Å². The van der Waals surface area contributed by atoms with E-state index in [1.165, 1.54) is 22.5 Å². The third-order valence-corrected chi connectivity index (χ3v) is 5.92. The summed E-state index contributed by atoms with van der Waals surface area (Å²) in [7, 11) is -3.59. The molecular weight excluding hydrogens is 309 g/mol. The zero-order valence-corrected chi connectivity index (χ0v) is 13.0. The van der Waals surface area contributed by atoms with Crippen molar-refractivity contribution in [2.24, 2.45) is 0 Å². The van der Waals surface area contributed by atoms with Gasteiger partial charge >= 0.3 is 0 Å². The number of hydrogen-bond acceptors (Lipinski definition) is 3. The van der Waals surface area contributed by atoms with Crippen LogP contribution in [0, 0.1) is 0 Å². The zero-order valence-electron chi connectivity index (χ0n) is 10.6. The molecule has 0 bridgehead atoms. The minimum atomic E-state index is -3.59. The molecule has 1 aliphatic heterocycles. The lowest BCUT2D eigenvalue weighted by molar-refractivity contribution is 0.00636. The zero-order chi connectivity index (χ0) is 14.2. The fourth-order valence-corrected chi connectivity index (χ4v) is 4.41. The van der Waals surface area contributed by atoms with E-state index in [1.807, 2.05) is 13.8 Å². The molecule has 0 amide bonds. The van der Waals surface area contributed by atoms with Crippen LogP contribution in [0.5, 0.6) is 0 Å². The van der Waals surface area contributed by atoms with Gasteiger partial charge in [-0.05, 0) is 32.0 Å². The first kappa shape index (κ1) is 15.1. The molecule has 1 saturated heterocycles. The van der Waals surface area contributed by atoms with Gasteiger partial charge in [-0.3, -0.25) is 0 Å². The molecular formula is C12H15Cl2NO3S. The fourth-order valence-electron chi connectivity index (χ4n) is 2.22. The van der Waals surface area contributed by atoms with Gasteiger partial charge in [-0.15, -0.1) is 0 Å². The Bertz CT molecular complexity index is 566. The van der Waals surface area contributed by atoms with Crippen molar-refractivity contribution in [3.63, 3.8) is 0 Å². The van der Waals surface area contributed by atoms with Crippen LogP contribution in [0.25, 0.3) is 0 Å². The normalized spacial score (nSPS) is 25.5. The third kappa shape index (κ3) is 2.90. The molecule has 19 heavy (non-hydrogen) atoms. The van der Waals surface area contributed by atoms with Crippen LogP contribution in [0.2, 0.25) is 10.0 Å². The predicted octanol–water partition coefficient (Wildman–Crippen LogP) is 2.79. The molecule has 2 unspecified atom stereocenters. The van der Waals surface area contributed by atoms with Gasteiger partial charge in [0.05, 0.1) is 28.2 Å². The van der Waals surface area contributed by atoms with E-state index in [-0.39, 0.29) is 22.0 Å². The first-order valence-electron chi connectivity index (χ1n) is 5.90. The van der Waals surface area contributed by atoms with Crippen LogP contribution in [0.4, 0.5) is 0 Å². The van der Waals surface area contributed by atoms with Gasteiger partial charge in [-0.1, -0.05) is 23.2 Å². The second-order valence-corrected chi connectivity index (χ2v) is 7.30. The number of sulfonamides is 1. The summed E-state index contributed by atoms with van der Waals surface area (Å²) in [5.41, 5.74) is 0. The summed E-state index contributed by atoms with van der Waals surface area (Å²) >= 11 is 11.7. The van der Waals surface area contributed by atoms with Gasteiger partial charge in [0.2, 0.25) is 10.0 Å². The van der Waals surface area contributed by atoms with Crippen LogP contribution in [-0.2, 0) is 14.8 Å². The van der Waals surface area contributed by atoms with Gasteiger partial charge in [0, 0.05) is 12.1 Å². The Kier molecular flexibility index (Phi) is 4.42. The van der Waals surface area contributed by atoms with Gasteiger partial charge in [0.25, 0.3) is 0 Å². The number of halogens is 2. The van der Waals surface area contributed by atoms with Crippen molar-refractivity contribution in [1.82, 2.24) is 4.31 Å². The fraction of sp³-hybridized carbons (Fsp3) is 0.500. The molecule has 1 heterocycles. The largest absolute Gasteiger partial charge is 0.378 e. The summed E-state index contributed by atoms with van der Waals surface area (Å²) in [6.07, 6.45) is 0.